The van der Waals surface area contributed by atoms with Gasteiger partial charge in [-0.25, -0.2) is 0 Å². The molecule has 2 saturated heterocycles. The molecular formula is C25H36N4O2. The molecule has 31 heavy (non-hydrogen) atoms. The number of benzene rings is 1. The molecule has 2 N–H and O–H groups in total. The summed E-state index contributed by atoms with van der Waals surface area (Å²) in [5, 5.41) is 8.53. The molecule has 6 nitrogen and oxygen atoms in total. The topological polar surface area (TPSA) is 58.6 Å². The number of rotatable bonds is 8. The summed E-state index contributed by atoms with van der Waals surface area (Å²) in [7, 11) is 1.74. The molecule has 1 aromatic heterocycles. The first-order valence-electron chi connectivity index (χ1n) is 12.2. The Morgan fingerprint density at radius 2 is 1.94 bits per heavy atom. The van der Waals surface area contributed by atoms with Crippen LogP contribution in [-0.4, -0.2) is 62.4 Å². The van der Waals surface area contributed by atoms with Gasteiger partial charge in [-0.15, -0.1) is 0 Å². The molecule has 0 saturated carbocycles. The predicted molar refractivity (Wildman–Crippen MR) is 126 cm³/mol. The summed E-state index contributed by atoms with van der Waals surface area (Å²) in [6, 6.07) is 4.75. The van der Waals surface area contributed by atoms with Gasteiger partial charge in [-0.05, 0) is 89.2 Å². The van der Waals surface area contributed by atoms with Crippen LogP contribution in [0.4, 0.5) is 5.69 Å². The van der Waals surface area contributed by atoms with E-state index in [0.717, 1.165) is 68.8 Å². The van der Waals surface area contributed by atoms with Crippen molar-refractivity contribution in [3.63, 3.8) is 0 Å². The lowest BCUT2D eigenvalue weighted by Crippen LogP contribution is -2.35. The number of hydrogen-bond acceptors (Lipinski definition) is 6. The number of aromatic nitrogens is 1. The van der Waals surface area contributed by atoms with Gasteiger partial charge < -0.3 is 25.0 Å². The molecule has 168 valence electrons. The van der Waals surface area contributed by atoms with Gasteiger partial charge in [0.05, 0.1) is 19.2 Å². The second-order valence-electron chi connectivity index (χ2n) is 9.21. The van der Waals surface area contributed by atoms with Crippen molar-refractivity contribution in [1.29, 1.82) is 0 Å². The van der Waals surface area contributed by atoms with Crippen molar-refractivity contribution in [1.82, 2.24) is 15.2 Å². The Balaban J connectivity index is 1.39. The van der Waals surface area contributed by atoms with E-state index in [9.17, 15) is 0 Å². The minimum absolute atomic E-state index is 0.518. The largest absolute Gasteiger partial charge is 0.493 e. The Morgan fingerprint density at radius 1 is 1.10 bits per heavy atom. The fraction of sp³-hybridized carbons (Fsp3) is 0.640. The van der Waals surface area contributed by atoms with Gasteiger partial charge in [0.1, 0.15) is 0 Å². The zero-order valence-electron chi connectivity index (χ0n) is 18.8. The highest BCUT2D eigenvalue weighted by Crippen LogP contribution is 2.40. The van der Waals surface area contributed by atoms with Crippen LogP contribution in [0.1, 0.15) is 49.8 Å². The van der Waals surface area contributed by atoms with Gasteiger partial charge in [-0.1, -0.05) is 0 Å². The van der Waals surface area contributed by atoms with E-state index in [0.29, 0.717) is 12.6 Å². The van der Waals surface area contributed by atoms with Crippen molar-refractivity contribution in [2.75, 3.05) is 51.8 Å². The van der Waals surface area contributed by atoms with E-state index < -0.39 is 0 Å². The molecule has 5 rings (SSSR count). The summed E-state index contributed by atoms with van der Waals surface area (Å²) in [6.45, 7) is 6.47. The lowest BCUT2D eigenvalue weighted by molar-refractivity contribution is 0.254. The highest BCUT2D eigenvalue weighted by Gasteiger charge is 2.24. The van der Waals surface area contributed by atoms with Gasteiger partial charge in [0.2, 0.25) is 0 Å². The summed E-state index contributed by atoms with van der Waals surface area (Å²) in [5.41, 5.74) is 4.97. The Morgan fingerprint density at radius 3 is 2.74 bits per heavy atom. The molecule has 2 aromatic rings. The molecule has 0 atom stereocenters. The number of hydrogen-bond donors (Lipinski definition) is 2. The first kappa shape index (κ1) is 20.8. The molecule has 0 amide bonds. The Hall–Kier alpha value is -2.05. The predicted octanol–water partition coefficient (Wildman–Crippen LogP) is 3.76. The van der Waals surface area contributed by atoms with E-state index >= 15 is 0 Å². The maximum Gasteiger partial charge on any atom is 0.163 e. The number of methoxy groups -OCH3 is 1. The van der Waals surface area contributed by atoms with Crippen LogP contribution in [0.15, 0.2) is 12.1 Å². The molecule has 3 aliphatic rings. The van der Waals surface area contributed by atoms with Crippen LogP contribution in [0.3, 0.4) is 0 Å². The van der Waals surface area contributed by atoms with Crippen LogP contribution in [-0.2, 0) is 12.8 Å². The van der Waals surface area contributed by atoms with E-state index in [1.807, 2.05) is 0 Å². The van der Waals surface area contributed by atoms with Crippen LogP contribution < -0.4 is 20.1 Å². The van der Waals surface area contributed by atoms with E-state index in [1.54, 1.807) is 7.11 Å². The summed E-state index contributed by atoms with van der Waals surface area (Å²) in [4.78, 5) is 7.57. The molecule has 1 aromatic carbocycles. The molecule has 3 heterocycles. The fourth-order valence-corrected chi connectivity index (χ4v) is 5.35. The number of likely N-dealkylation sites (tertiary alicyclic amines) is 1. The van der Waals surface area contributed by atoms with Crippen molar-refractivity contribution in [2.24, 2.45) is 0 Å². The molecule has 6 heteroatoms. The molecule has 0 bridgehead atoms. The number of anilines is 1. The first-order valence-corrected chi connectivity index (χ1v) is 12.2. The van der Waals surface area contributed by atoms with Crippen LogP contribution in [0.2, 0.25) is 0 Å². The molecule has 2 aliphatic heterocycles. The number of piperidine rings is 1. The average Bonchev–Trinajstić information content (AvgIpc) is 3.49. The molecular weight excluding hydrogens is 388 g/mol. The lowest BCUT2D eigenvalue weighted by atomic mass is 10.0. The van der Waals surface area contributed by atoms with Gasteiger partial charge in [0, 0.05) is 35.4 Å². The van der Waals surface area contributed by atoms with Gasteiger partial charge in [0.25, 0.3) is 0 Å². The quantitative estimate of drug-likeness (QED) is 0.630. The van der Waals surface area contributed by atoms with Gasteiger partial charge >= 0.3 is 0 Å². The zero-order valence-corrected chi connectivity index (χ0v) is 18.8. The van der Waals surface area contributed by atoms with Crippen LogP contribution in [0.5, 0.6) is 11.5 Å². The van der Waals surface area contributed by atoms with Gasteiger partial charge in [-0.2, -0.15) is 0 Å². The Kier molecular flexibility index (Phi) is 6.46. The number of fused-ring (bicyclic) bond motifs is 2. The van der Waals surface area contributed by atoms with Gasteiger partial charge in [0.15, 0.2) is 11.5 Å². The van der Waals surface area contributed by atoms with Crippen molar-refractivity contribution in [3.8, 4) is 11.5 Å². The summed E-state index contributed by atoms with van der Waals surface area (Å²) in [5.74, 6) is 1.62. The monoisotopic (exact) mass is 424 g/mol. The minimum Gasteiger partial charge on any atom is -0.493 e. The SMILES string of the molecule is COc1cc2c(NC3CCNCC3)c3c(nc2cc1OCCCN1CCCC1)CCC3. The van der Waals surface area contributed by atoms with E-state index in [-0.39, 0.29) is 0 Å². The third-order valence-corrected chi connectivity index (χ3v) is 7.06. The highest BCUT2D eigenvalue weighted by molar-refractivity contribution is 5.96. The van der Waals surface area contributed by atoms with Crippen molar-refractivity contribution in [3.05, 3.63) is 23.4 Å². The number of aryl methyl sites for hydroxylation is 1. The Labute approximate surface area is 185 Å². The van der Waals surface area contributed by atoms with Crippen molar-refractivity contribution < 1.29 is 9.47 Å². The number of pyridine rings is 1. The molecule has 0 unspecified atom stereocenters. The van der Waals surface area contributed by atoms with Crippen LogP contribution in [0.25, 0.3) is 10.9 Å². The molecule has 0 spiro atoms. The second-order valence-corrected chi connectivity index (χ2v) is 9.21. The zero-order chi connectivity index (χ0) is 21.0. The third-order valence-electron chi connectivity index (χ3n) is 7.06. The minimum atomic E-state index is 0.518. The fourth-order valence-electron chi connectivity index (χ4n) is 5.35. The third kappa shape index (κ3) is 4.60. The summed E-state index contributed by atoms with van der Waals surface area (Å²) >= 11 is 0. The van der Waals surface area contributed by atoms with Crippen LogP contribution >= 0.6 is 0 Å². The number of ether oxygens (including phenoxy) is 2. The highest BCUT2D eigenvalue weighted by atomic mass is 16.5. The average molecular weight is 425 g/mol. The standard InChI is InChI=1S/C25H36N4O2/c1-30-23-16-20-22(17-24(23)31-15-5-14-29-12-2-3-13-29)28-21-7-4-6-19(21)25(20)27-18-8-10-26-11-9-18/h16-18,26H,2-15H2,1H3,(H,27,28). The maximum atomic E-state index is 6.18. The molecule has 0 radical (unpaired) electrons. The van der Waals surface area contributed by atoms with E-state index in [2.05, 4.69) is 27.7 Å². The van der Waals surface area contributed by atoms with Crippen molar-refractivity contribution in [2.45, 2.75) is 57.4 Å². The molecule has 1 aliphatic carbocycles. The summed E-state index contributed by atoms with van der Waals surface area (Å²) < 4.78 is 11.9. The van der Waals surface area contributed by atoms with Gasteiger partial charge in [-0.3, -0.25) is 4.98 Å². The van der Waals surface area contributed by atoms with Crippen molar-refractivity contribution >= 4 is 16.6 Å². The number of nitrogens with one attached hydrogen (secondary N) is 2. The lowest BCUT2D eigenvalue weighted by Gasteiger charge is -2.27. The Bertz CT molecular complexity index is 904. The smallest absolute Gasteiger partial charge is 0.163 e. The second kappa shape index (κ2) is 9.61. The normalized spacial score (nSPS) is 19.6. The van der Waals surface area contributed by atoms with Crippen LogP contribution in [0, 0.1) is 0 Å². The molecule has 2 fully saturated rings. The van der Waals surface area contributed by atoms with E-state index in [4.69, 9.17) is 14.5 Å². The first-order chi connectivity index (χ1) is 15.3. The van der Waals surface area contributed by atoms with E-state index in [1.165, 1.54) is 54.7 Å². The number of nitrogens with zero attached hydrogens (tertiary/aromatic N) is 2. The summed E-state index contributed by atoms with van der Waals surface area (Å²) in [6.07, 6.45) is 9.42. The maximum absolute atomic E-state index is 6.18.